The molecule has 9 N–H and O–H groups in total. The summed E-state index contributed by atoms with van der Waals surface area (Å²) >= 11 is 13.1. The number of nitrogens with one attached hydrogen (secondary N) is 3. The number of alkyl halides is 2. The van der Waals surface area contributed by atoms with E-state index < -0.39 is 55.7 Å². The summed E-state index contributed by atoms with van der Waals surface area (Å²) < 4.78 is 61.9. The van der Waals surface area contributed by atoms with Gasteiger partial charge in [0.1, 0.15) is 30.2 Å². The van der Waals surface area contributed by atoms with Gasteiger partial charge >= 0.3 is 20.0 Å². The summed E-state index contributed by atoms with van der Waals surface area (Å²) in [7, 11) is -5.00. The maximum atomic E-state index is 14.7. The Bertz CT molecular complexity index is 4010. The number of halogens is 2. The molecule has 1 saturated heterocycles. The SMILES string of the molecule is CC(C)C(NC(=O)CCOCCOCCOCCOCCOCCOCCN1C(=O)C=CC1=O)C(=O)NC(CCCN)C(=O)Nc1ccc(COC(=O)N2CCN(C(=O)Oc3cc4c(c5ccccc35)C(CCl)CN4C(=O)C(CN)CCC(=O)N3CC(CCl)c4c3cc(OP(=O)(O)O)c3ccccc43)CC2)cc1. The van der Waals surface area contributed by atoms with Gasteiger partial charge in [0.15, 0.2) is 0 Å². The van der Waals surface area contributed by atoms with E-state index in [1.54, 1.807) is 79.4 Å². The monoisotopic (exact) mass is 1560 g/mol. The molecule has 0 radical (unpaired) electrons. The van der Waals surface area contributed by atoms with Crippen molar-refractivity contribution in [3.05, 3.63) is 114 Å². The molecule has 0 aromatic heterocycles. The number of carbonyl (C=O) groups is 9. The molecule has 4 heterocycles. The molecule has 1 fully saturated rings. The number of nitrogens with zero attached hydrogens (tertiary/aromatic N) is 5. The number of imide groups is 1. The lowest BCUT2D eigenvalue weighted by atomic mass is 9.95. The van der Waals surface area contributed by atoms with E-state index in [9.17, 15) is 57.5 Å². The predicted molar refractivity (Wildman–Crippen MR) is 401 cm³/mol. The molecule has 9 rings (SSSR count). The second-order valence-corrected chi connectivity index (χ2v) is 28.1. The van der Waals surface area contributed by atoms with Crippen LogP contribution in [0, 0.1) is 11.8 Å². The van der Waals surface area contributed by atoms with Gasteiger partial charge < -0.3 is 89.4 Å². The highest BCUT2D eigenvalue weighted by molar-refractivity contribution is 7.46. The lowest BCUT2D eigenvalue weighted by molar-refractivity contribution is -0.138. The highest BCUT2D eigenvalue weighted by Crippen LogP contribution is 2.50. The summed E-state index contributed by atoms with van der Waals surface area (Å²) in [6.07, 6.45) is 1.72. The largest absolute Gasteiger partial charge is 0.524 e. The number of hydrogen-bond acceptors (Lipinski definition) is 21. The minimum absolute atomic E-state index is 0.0233. The van der Waals surface area contributed by atoms with Crippen LogP contribution in [0.2, 0.25) is 0 Å². The highest BCUT2D eigenvalue weighted by Gasteiger charge is 2.40. The predicted octanol–water partition coefficient (Wildman–Crippen LogP) is 6.03. The van der Waals surface area contributed by atoms with Crippen LogP contribution in [0.4, 0.5) is 26.7 Å². The average Bonchev–Trinajstić information content (AvgIpc) is 1.58. The number of amides is 9. The van der Waals surface area contributed by atoms with Crippen molar-refractivity contribution in [2.75, 3.05) is 165 Å². The fraction of sp³-hybridized carbons (Fsp3) is 0.500. The zero-order chi connectivity index (χ0) is 77.3. The van der Waals surface area contributed by atoms with Crippen molar-refractivity contribution < 1.29 is 99.9 Å². The Balaban J connectivity index is 0.669. The minimum atomic E-state index is -5.00. The molecular formula is C74H95Cl2N10O21P. The minimum Gasteiger partial charge on any atom is -0.445 e. The molecule has 5 unspecified atom stereocenters. The third kappa shape index (κ3) is 23.1. The van der Waals surface area contributed by atoms with Crippen LogP contribution in [-0.4, -0.2) is 240 Å². The second kappa shape index (κ2) is 41.4. The number of rotatable bonds is 42. The van der Waals surface area contributed by atoms with E-state index in [-0.39, 0.29) is 182 Å². The van der Waals surface area contributed by atoms with Gasteiger partial charge in [0.25, 0.3) is 11.8 Å². The Morgan fingerprint density at radius 1 is 0.602 bits per heavy atom. The second-order valence-electron chi connectivity index (χ2n) is 26.4. The van der Waals surface area contributed by atoms with E-state index in [2.05, 4.69) is 16.0 Å². The first kappa shape index (κ1) is 83.6. The van der Waals surface area contributed by atoms with Gasteiger partial charge in [-0.2, -0.15) is 0 Å². The van der Waals surface area contributed by atoms with Crippen LogP contribution in [0.5, 0.6) is 11.5 Å². The van der Waals surface area contributed by atoms with Crippen molar-refractivity contribution in [1.29, 1.82) is 0 Å². The standard InChI is InChI=1S/C74H95Cl2N10O21P/c1-48(2)69(81-63(87)21-28-99-30-32-101-34-36-103-38-39-104-37-35-102-33-31-100-29-27-84-64(88)19-20-65(84)89)71(92)80-58(12-7-22-77)70(91)79-53-16-13-49(14-17-53)47-105-73(94)82-23-25-83(26-24-82)74(95)106-61-40-60-68(56-10-5-3-8-54(56)61)52(43-76)46-86(60)72(93)50(44-78)15-18-66(90)85-45-51(42-75)67-57-11-6-4-9-55(57)62(41-59(67)85)107-108(96,97)98/h3-6,8-11,13-14,16-17,19-20,40-41,48,50-52,58,69H,7,12,15,18,21-39,42-47,77-78H2,1-2H3,(H,79,91)(H,80,92)(H,81,87)(H2,96,97,98). The van der Waals surface area contributed by atoms with Crippen LogP contribution < -0.4 is 46.5 Å². The van der Waals surface area contributed by atoms with Gasteiger partial charge in [0.2, 0.25) is 29.5 Å². The normalized spacial score (nSPS) is 16.4. The van der Waals surface area contributed by atoms with Crippen molar-refractivity contribution in [2.45, 2.75) is 76.5 Å². The molecule has 9 amide bonds. The number of phosphoric acid groups is 1. The number of nitrogens with two attached hydrogens (primary N) is 2. The number of phosphoric ester groups is 1. The van der Waals surface area contributed by atoms with Gasteiger partial charge in [-0.1, -0.05) is 74.5 Å². The number of hydrogen-bond donors (Lipinski definition) is 7. The number of fused-ring (bicyclic) bond motifs is 6. The molecular weight excluding hydrogens is 1470 g/mol. The van der Waals surface area contributed by atoms with E-state index in [1.165, 1.54) is 32.9 Å². The average molecular weight is 1560 g/mol. The molecule has 0 bridgehead atoms. The fourth-order valence-corrected chi connectivity index (χ4v) is 13.9. The third-order valence-electron chi connectivity index (χ3n) is 18.6. The van der Waals surface area contributed by atoms with Crippen molar-refractivity contribution in [3.63, 3.8) is 0 Å². The number of benzene rings is 5. The third-order valence-corrected chi connectivity index (χ3v) is 19.8. The molecule has 5 atom stereocenters. The summed E-state index contributed by atoms with van der Waals surface area (Å²) in [6, 6.07) is 22.0. The van der Waals surface area contributed by atoms with Crippen molar-refractivity contribution in [1.82, 2.24) is 25.3 Å². The Kier molecular flexibility index (Phi) is 32.1. The van der Waals surface area contributed by atoms with Crippen LogP contribution in [0.15, 0.2) is 97.1 Å². The van der Waals surface area contributed by atoms with Crippen LogP contribution in [0.1, 0.15) is 74.5 Å². The maximum Gasteiger partial charge on any atom is 0.524 e. The Morgan fingerprint density at radius 3 is 1.63 bits per heavy atom. The molecule has 4 aliphatic rings. The molecule has 5 aromatic rings. The summed E-state index contributed by atoms with van der Waals surface area (Å²) in [6.45, 7) is 8.25. The summed E-state index contributed by atoms with van der Waals surface area (Å²) in [5, 5.41) is 10.8. The van der Waals surface area contributed by atoms with Gasteiger partial charge in [-0.15, -0.1) is 23.2 Å². The molecule has 0 saturated carbocycles. The number of piperazine rings is 1. The zero-order valence-electron chi connectivity index (χ0n) is 60.5. The Hall–Kier alpha value is -8.40. The maximum absolute atomic E-state index is 14.7. The van der Waals surface area contributed by atoms with Crippen LogP contribution >= 0.6 is 31.0 Å². The van der Waals surface area contributed by atoms with E-state index in [0.717, 1.165) is 21.4 Å². The lowest BCUT2D eigenvalue weighted by Gasteiger charge is -2.33. The lowest BCUT2D eigenvalue weighted by Crippen LogP contribution is -2.54. The molecule has 34 heteroatoms. The van der Waals surface area contributed by atoms with Gasteiger partial charge in [-0.05, 0) is 71.3 Å². The molecule has 586 valence electrons. The summed E-state index contributed by atoms with van der Waals surface area (Å²) in [5.74, 6) is -4.26. The molecule has 5 aromatic carbocycles. The molecule has 31 nitrogen and oxygen atoms in total. The van der Waals surface area contributed by atoms with E-state index in [4.69, 9.17) is 77.1 Å². The fourth-order valence-electron chi connectivity index (χ4n) is 13.0. The highest BCUT2D eigenvalue weighted by atomic mass is 35.5. The van der Waals surface area contributed by atoms with Gasteiger partial charge in [0, 0.05) is 123 Å². The first-order valence-electron chi connectivity index (χ1n) is 36.0. The first-order valence-corrected chi connectivity index (χ1v) is 38.6. The van der Waals surface area contributed by atoms with E-state index in [0.29, 0.717) is 98.1 Å². The van der Waals surface area contributed by atoms with Gasteiger partial charge in [-0.25, -0.2) is 14.2 Å². The van der Waals surface area contributed by atoms with Crippen LogP contribution in [0.25, 0.3) is 21.5 Å². The van der Waals surface area contributed by atoms with Crippen LogP contribution in [-0.2, 0) is 77.9 Å². The Morgan fingerprint density at radius 2 is 1.10 bits per heavy atom. The molecule has 0 spiro atoms. The topological polar surface area (TPSA) is 399 Å². The van der Waals surface area contributed by atoms with E-state index in [1.807, 2.05) is 18.2 Å². The first-order chi connectivity index (χ1) is 52.1. The number of anilines is 3. The molecule has 0 aliphatic carbocycles. The van der Waals surface area contributed by atoms with Crippen LogP contribution in [0.3, 0.4) is 0 Å². The quantitative estimate of drug-likeness (QED) is 0.0101. The summed E-state index contributed by atoms with van der Waals surface area (Å²) in [4.78, 5) is 146. The van der Waals surface area contributed by atoms with Gasteiger partial charge in [-0.3, -0.25) is 48.2 Å². The van der Waals surface area contributed by atoms with Crippen molar-refractivity contribution >= 4 is 123 Å². The van der Waals surface area contributed by atoms with E-state index >= 15 is 0 Å². The molecule has 4 aliphatic heterocycles. The smallest absolute Gasteiger partial charge is 0.445 e. The number of ether oxygens (including phenoxy) is 8. The van der Waals surface area contributed by atoms with Crippen molar-refractivity contribution in [2.24, 2.45) is 23.3 Å². The Labute approximate surface area is 635 Å². The molecule has 108 heavy (non-hydrogen) atoms. The van der Waals surface area contributed by atoms with Crippen molar-refractivity contribution in [3.8, 4) is 11.5 Å². The zero-order valence-corrected chi connectivity index (χ0v) is 62.9. The van der Waals surface area contributed by atoms with Gasteiger partial charge in [0.05, 0.1) is 103 Å². The summed E-state index contributed by atoms with van der Waals surface area (Å²) in [5.41, 5.74) is 15.6. The number of carbonyl (C=O) groups excluding carboxylic acids is 9.